The molecule has 144 valence electrons. The fraction of sp³-hybridized carbons (Fsp3) is 0.889. The lowest BCUT2D eigenvalue weighted by atomic mass is 10.0. The average molecular weight is 336 g/mol. The van der Waals surface area contributed by atoms with Crippen LogP contribution in [0.2, 0.25) is 0 Å². The van der Waals surface area contributed by atoms with Gasteiger partial charge >= 0.3 is 0 Å². The number of primary amides is 1. The molecule has 0 unspecified atom stereocenters. The summed E-state index contributed by atoms with van der Waals surface area (Å²) in [6.45, 7) is 12.1. The van der Waals surface area contributed by atoms with Gasteiger partial charge in [0.05, 0.1) is 0 Å². The van der Waals surface area contributed by atoms with Crippen LogP contribution in [0.3, 0.4) is 0 Å². The minimum Gasteiger partial charge on any atom is -0.370 e. The Kier molecular flexibility index (Phi) is 37.6. The monoisotopic (exact) mass is 335 g/mol. The van der Waals surface area contributed by atoms with Crippen molar-refractivity contribution in [3.63, 3.8) is 0 Å². The third kappa shape index (κ3) is 33.6. The molecule has 5 heteroatoms. The predicted molar refractivity (Wildman–Crippen MR) is 104 cm³/mol. The van der Waals surface area contributed by atoms with E-state index in [1.807, 2.05) is 34.6 Å². The number of carbonyl (C=O) groups is 2. The summed E-state index contributed by atoms with van der Waals surface area (Å²) < 4.78 is 0. The molecule has 1 heterocycles. The molecule has 1 saturated carbocycles. The molecule has 0 radical (unpaired) electrons. The smallest absolute Gasteiger partial charge is 0.222 e. The fourth-order valence-electron chi connectivity index (χ4n) is 1.78. The van der Waals surface area contributed by atoms with Gasteiger partial charge in [-0.2, -0.15) is 0 Å². The number of hydrogen-bond donors (Lipinski definition) is 3. The average Bonchev–Trinajstić information content (AvgIpc) is 2.98. The zero-order chi connectivity index (χ0) is 19.1. The molecule has 2 amide bonds. The van der Waals surface area contributed by atoms with Gasteiger partial charge in [0.25, 0.3) is 0 Å². The second-order valence-electron chi connectivity index (χ2n) is 4.71. The normalized spacial score (nSPS) is 17.4. The highest BCUT2D eigenvalue weighted by atomic mass is 16.2. The Balaban J connectivity index is -0.0000000653. The van der Waals surface area contributed by atoms with E-state index in [-0.39, 0.29) is 19.2 Å². The molecule has 2 rings (SSSR count). The van der Waals surface area contributed by atoms with Gasteiger partial charge in [0, 0.05) is 20.8 Å². The topological polar surface area (TPSA) is 98.2 Å². The predicted octanol–water partition coefficient (Wildman–Crippen LogP) is 3.85. The van der Waals surface area contributed by atoms with Gasteiger partial charge in [-0.05, 0) is 13.5 Å². The van der Waals surface area contributed by atoms with E-state index in [1.165, 1.54) is 52.5 Å². The van der Waals surface area contributed by atoms with Crippen LogP contribution in [0.5, 0.6) is 0 Å². The maximum Gasteiger partial charge on any atom is 0.222 e. The molecule has 2 aliphatic rings. The molecule has 1 atom stereocenters. The van der Waals surface area contributed by atoms with E-state index in [2.05, 4.69) is 16.8 Å². The summed E-state index contributed by atoms with van der Waals surface area (Å²) in [5.74, 6) is 0.139. The van der Waals surface area contributed by atoms with Crippen LogP contribution in [0.15, 0.2) is 0 Å². The summed E-state index contributed by atoms with van der Waals surface area (Å²) in [6, 6.07) is 0. The van der Waals surface area contributed by atoms with Gasteiger partial charge in [-0.1, -0.05) is 73.1 Å². The number of rotatable bonds is 0. The van der Waals surface area contributed by atoms with Crippen LogP contribution < -0.4 is 16.8 Å². The van der Waals surface area contributed by atoms with E-state index in [4.69, 9.17) is 0 Å². The van der Waals surface area contributed by atoms with Crippen molar-refractivity contribution in [2.75, 3.05) is 13.6 Å². The molecular formula is C18H45N3O2. The Morgan fingerprint density at radius 1 is 1.00 bits per heavy atom. The quantitative estimate of drug-likeness (QED) is 0.627. The van der Waals surface area contributed by atoms with Crippen molar-refractivity contribution in [3.8, 4) is 0 Å². The van der Waals surface area contributed by atoms with Crippen LogP contribution in [0.1, 0.15) is 87.9 Å². The van der Waals surface area contributed by atoms with E-state index >= 15 is 0 Å². The number of hydrogen-bond acceptors (Lipinski definition) is 3. The summed E-state index contributed by atoms with van der Waals surface area (Å²) in [7, 11) is 1.50. The van der Waals surface area contributed by atoms with Crippen molar-refractivity contribution in [3.05, 3.63) is 0 Å². The summed E-state index contributed by atoms with van der Waals surface area (Å²) in [6.07, 6.45) is 10.0. The fourth-order valence-corrected chi connectivity index (χ4v) is 1.78. The molecule has 0 spiro atoms. The van der Waals surface area contributed by atoms with Crippen molar-refractivity contribution >= 4 is 11.8 Å². The largest absolute Gasteiger partial charge is 0.370 e. The van der Waals surface area contributed by atoms with Gasteiger partial charge in [-0.15, -0.1) is 0 Å². The Hall–Kier alpha value is -1.10. The van der Waals surface area contributed by atoms with Crippen molar-refractivity contribution in [1.82, 2.24) is 5.32 Å². The van der Waals surface area contributed by atoms with E-state index in [1.54, 1.807) is 0 Å². The van der Waals surface area contributed by atoms with Crippen LogP contribution in [-0.2, 0) is 9.59 Å². The molecule has 23 heavy (non-hydrogen) atoms. The van der Waals surface area contributed by atoms with Gasteiger partial charge in [-0.25, -0.2) is 0 Å². The van der Waals surface area contributed by atoms with Crippen molar-refractivity contribution < 1.29 is 11.0 Å². The first kappa shape index (κ1) is 29.9. The lowest BCUT2D eigenvalue weighted by molar-refractivity contribution is -0.122. The Bertz CT molecular complexity index is 221. The first-order valence-corrected chi connectivity index (χ1v) is 9.15. The summed E-state index contributed by atoms with van der Waals surface area (Å²) in [5.41, 5.74) is 8.97. The first-order valence-electron chi connectivity index (χ1n) is 9.15. The number of carbonyl (C=O) groups excluding carboxylic acids is 2. The maximum absolute atomic E-state index is 10.5. The highest BCUT2D eigenvalue weighted by molar-refractivity contribution is 5.80. The van der Waals surface area contributed by atoms with Crippen LogP contribution in [0.25, 0.3) is 0 Å². The zero-order valence-corrected chi connectivity index (χ0v) is 16.7. The summed E-state index contributed by atoms with van der Waals surface area (Å²) >= 11 is 0. The number of nitrogens with two attached hydrogens (primary N) is 2. The molecule has 1 aliphatic heterocycles. The second kappa shape index (κ2) is 29.0. The number of nitrogens with one attached hydrogen (secondary N) is 1. The van der Waals surface area contributed by atoms with Crippen LogP contribution in [0.4, 0.5) is 0 Å². The minimum atomic E-state index is -0.333. The van der Waals surface area contributed by atoms with Gasteiger partial charge in [-0.3, -0.25) is 9.59 Å². The Morgan fingerprint density at radius 2 is 1.26 bits per heavy atom. The second-order valence-corrected chi connectivity index (χ2v) is 4.71. The highest BCUT2D eigenvalue weighted by Crippen LogP contribution is 2.15. The van der Waals surface area contributed by atoms with Crippen molar-refractivity contribution in [2.24, 2.45) is 17.4 Å². The van der Waals surface area contributed by atoms with Crippen LogP contribution >= 0.6 is 0 Å². The Labute approximate surface area is 146 Å². The van der Waals surface area contributed by atoms with Crippen LogP contribution in [0, 0.1) is 5.92 Å². The van der Waals surface area contributed by atoms with Crippen molar-refractivity contribution in [1.29, 1.82) is 0 Å². The molecule has 0 aromatic carbocycles. The maximum atomic E-state index is 10.5. The van der Waals surface area contributed by atoms with Crippen LogP contribution in [-0.4, -0.2) is 25.4 Å². The van der Waals surface area contributed by atoms with Gasteiger partial charge in [0.1, 0.15) is 0 Å². The zero-order valence-electron chi connectivity index (χ0n) is 16.7. The van der Waals surface area contributed by atoms with Gasteiger partial charge in [0.15, 0.2) is 0 Å². The molecule has 1 aliphatic carbocycles. The molecule has 5 N–H and O–H groups in total. The molecular weight excluding hydrogens is 290 g/mol. The van der Waals surface area contributed by atoms with E-state index in [0.717, 1.165) is 13.0 Å². The van der Waals surface area contributed by atoms with E-state index < -0.39 is 0 Å². The summed E-state index contributed by atoms with van der Waals surface area (Å²) in [4.78, 5) is 19.7. The third-order valence-electron chi connectivity index (χ3n) is 2.82. The number of amides is 2. The summed E-state index contributed by atoms with van der Waals surface area (Å²) in [5, 5.41) is 2.73. The molecule has 1 saturated heterocycles. The minimum absolute atomic E-state index is 0. The molecule has 0 bridgehead atoms. The highest BCUT2D eigenvalue weighted by Gasteiger charge is 2.17. The molecule has 5 nitrogen and oxygen atoms in total. The Morgan fingerprint density at radius 3 is 1.35 bits per heavy atom. The third-order valence-corrected chi connectivity index (χ3v) is 2.82. The van der Waals surface area contributed by atoms with Crippen molar-refractivity contribution in [2.45, 2.75) is 86.5 Å². The molecule has 0 aromatic rings. The lowest BCUT2D eigenvalue weighted by Gasteiger charge is -2.05. The van der Waals surface area contributed by atoms with Gasteiger partial charge < -0.3 is 16.8 Å². The lowest BCUT2D eigenvalue weighted by Crippen LogP contribution is -2.16. The van der Waals surface area contributed by atoms with E-state index in [9.17, 15) is 9.59 Å². The SMILES string of the molecule is C1CCCCC1.CC.CC.CC(N)=O.CN.C[C@H]1CCNC1=O.[HH]. The standard InChI is InChI=1S/C6H12.C5H9NO.C2H5NO.2C2H6.CH5N.H2/c1-2-4-6-5-3-1;1-4-2-3-6-5(4)7;1-2(3)4;3*1-2;/h1-6H2;4H,2-3H2,1H3,(H,6,7);1H3,(H2,3,4);2*1-2H3;2H2,1H3;1H/t;4-;;;;;/m.0...../s1. The molecule has 0 aromatic heterocycles. The van der Waals surface area contributed by atoms with E-state index in [0.29, 0.717) is 0 Å². The molecule has 2 fully saturated rings. The van der Waals surface area contributed by atoms with Gasteiger partial charge in [0.2, 0.25) is 11.8 Å². The first-order chi connectivity index (χ1) is 11.0.